The molecule has 0 N–H and O–H groups in total. The van der Waals surface area contributed by atoms with Crippen LogP contribution in [-0.2, 0) is 27.3 Å². The number of benzene rings is 2. The molecule has 8 heteroatoms. The highest BCUT2D eigenvalue weighted by Crippen LogP contribution is 2.21. The average Bonchev–Trinajstić information content (AvgIpc) is 3.05. The first-order valence-corrected chi connectivity index (χ1v) is 13.7. The molecule has 0 saturated carbocycles. The molecular weight excluding hydrogens is 528 g/mol. The fraction of sp³-hybridized carbons (Fsp3) is 0.235. The minimum absolute atomic E-state index is 0.157. The van der Waals surface area contributed by atoms with Crippen molar-refractivity contribution in [3.05, 3.63) is 120 Å². The largest absolute Gasteiger partial charge is 0.481 e. The number of hydrogen-bond donors (Lipinski definition) is 0. The van der Waals surface area contributed by atoms with Gasteiger partial charge >= 0.3 is 0 Å². The van der Waals surface area contributed by atoms with E-state index in [0.717, 1.165) is 27.8 Å². The van der Waals surface area contributed by atoms with Gasteiger partial charge in [-0.05, 0) is 46.0 Å². The Morgan fingerprint density at radius 2 is 1.67 bits per heavy atom. The van der Waals surface area contributed by atoms with Crippen LogP contribution in [0.25, 0.3) is 17.2 Å². The monoisotopic (exact) mass is 564 g/mol. The van der Waals surface area contributed by atoms with Crippen molar-refractivity contribution in [1.82, 2.24) is 19.8 Å². The number of likely N-dealkylation sites (N-methyl/N-ethyl adjacent to an activating group) is 1. The van der Waals surface area contributed by atoms with Gasteiger partial charge in [0, 0.05) is 64.4 Å². The second-order valence-electron chi connectivity index (χ2n) is 9.83. The Hall–Kier alpha value is -4.82. The first-order chi connectivity index (χ1) is 20.5. The molecule has 0 radical (unpaired) electrons. The van der Waals surface area contributed by atoms with Gasteiger partial charge in [0.05, 0.1) is 13.7 Å². The van der Waals surface area contributed by atoms with Gasteiger partial charge in [0.2, 0.25) is 17.7 Å². The lowest BCUT2D eigenvalue weighted by atomic mass is 10.0. The summed E-state index contributed by atoms with van der Waals surface area (Å²) in [6.45, 7) is 1.06. The fourth-order valence-electron chi connectivity index (χ4n) is 4.51. The number of aromatic nitrogens is 2. The number of hydrogen-bond acceptors (Lipinski definition) is 6. The molecule has 4 aromatic rings. The Bertz CT molecular complexity index is 1440. The molecule has 0 spiro atoms. The smallest absolute Gasteiger partial charge is 0.247 e. The molecule has 0 fully saturated rings. The molecule has 0 unspecified atom stereocenters. The third kappa shape index (κ3) is 8.34. The fourth-order valence-corrected chi connectivity index (χ4v) is 4.51. The lowest BCUT2D eigenvalue weighted by molar-refractivity contribution is -0.143. The van der Waals surface area contributed by atoms with Crippen molar-refractivity contribution in [2.24, 2.45) is 0 Å². The number of ether oxygens (including phenoxy) is 2. The summed E-state index contributed by atoms with van der Waals surface area (Å²) in [5, 5.41) is 0. The molecule has 8 nitrogen and oxygen atoms in total. The summed E-state index contributed by atoms with van der Waals surface area (Å²) < 4.78 is 10.3. The molecule has 0 saturated heterocycles. The van der Waals surface area contributed by atoms with Crippen molar-refractivity contribution in [3.63, 3.8) is 0 Å². The molecule has 0 aliphatic rings. The van der Waals surface area contributed by atoms with Gasteiger partial charge in [0.15, 0.2) is 0 Å². The Morgan fingerprint density at radius 1 is 0.881 bits per heavy atom. The molecular formula is C34H36N4O4. The average molecular weight is 565 g/mol. The zero-order chi connectivity index (χ0) is 29.7. The number of pyridine rings is 2. The van der Waals surface area contributed by atoms with Gasteiger partial charge in [-0.3, -0.25) is 14.6 Å². The number of carbonyl (C=O) groups excluding carboxylic acids is 2. The first kappa shape index (κ1) is 30.1. The molecule has 0 bridgehead atoms. The molecule has 42 heavy (non-hydrogen) atoms. The summed E-state index contributed by atoms with van der Waals surface area (Å²) in [5.74, 6) is 0.0507. The van der Waals surface area contributed by atoms with E-state index in [2.05, 4.69) is 9.97 Å². The van der Waals surface area contributed by atoms with Crippen LogP contribution in [0.5, 0.6) is 5.88 Å². The Balaban J connectivity index is 1.67. The number of rotatable bonds is 13. The summed E-state index contributed by atoms with van der Waals surface area (Å²) in [4.78, 5) is 39.5. The van der Waals surface area contributed by atoms with E-state index in [1.165, 1.54) is 6.08 Å². The molecule has 2 aromatic carbocycles. The number of amides is 2. The highest BCUT2D eigenvalue weighted by atomic mass is 16.5. The van der Waals surface area contributed by atoms with Gasteiger partial charge in [-0.2, -0.15) is 0 Å². The summed E-state index contributed by atoms with van der Waals surface area (Å²) in [6.07, 6.45) is 8.75. The highest BCUT2D eigenvalue weighted by molar-refractivity contribution is 5.95. The maximum absolute atomic E-state index is 13.9. The highest BCUT2D eigenvalue weighted by Gasteiger charge is 2.31. The molecule has 216 valence electrons. The van der Waals surface area contributed by atoms with Crippen molar-refractivity contribution in [2.45, 2.75) is 19.0 Å². The van der Waals surface area contributed by atoms with Crippen LogP contribution in [0.3, 0.4) is 0 Å². The third-order valence-electron chi connectivity index (χ3n) is 6.91. The molecule has 2 heterocycles. The van der Waals surface area contributed by atoms with Crippen LogP contribution >= 0.6 is 0 Å². The van der Waals surface area contributed by atoms with Crippen molar-refractivity contribution in [1.29, 1.82) is 0 Å². The Kier molecular flexibility index (Phi) is 10.9. The van der Waals surface area contributed by atoms with Crippen molar-refractivity contribution in [3.8, 4) is 17.0 Å². The topological polar surface area (TPSA) is 84.9 Å². The van der Waals surface area contributed by atoms with E-state index < -0.39 is 6.04 Å². The minimum atomic E-state index is -0.738. The predicted octanol–water partition coefficient (Wildman–Crippen LogP) is 4.91. The second-order valence-corrected chi connectivity index (χ2v) is 9.83. The summed E-state index contributed by atoms with van der Waals surface area (Å²) >= 11 is 0. The van der Waals surface area contributed by atoms with E-state index in [0.29, 0.717) is 25.5 Å². The summed E-state index contributed by atoms with van der Waals surface area (Å²) in [5.41, 5.74) is 4.63. The van der Waals surface area contributed by atoms with Crippen LogP contribution in [0.1, 0.15) is 16.7 Å². The minimum Gasteiger partial charge on any atom is -0.481 e. The van der Waals surface area contributed by atoms with Gasteiger partial charge in [0.1, 0.15) is 6.04 Å². The van der Waals surface area contributed by atoms with Crippen LogP contribution in [0, 0.1) is 0 Å². The number of methoxy groups -OCH3 is 2. The number of nitrogens with zero attached hydrogens (tertiary/aromatic N) is 4. The van der Waals surface area contributed by atoms with Crippen molar-refractivity contribution in [2.75, 3.05) is 34.4 Å². The van der Waals surface area contributed by atoms with Gasteiger partial charge in [0.25, 0.3) is 0 Å². The van der Waals surface area contributed by atoms with E-state index in [-0.39, 0.29) is 18.4 Å². The standard InChI is InChI=1S/C34H36N4O4/c1-37(20-21-41-2)34(40)31(22-26-8-5-4-6-9-26)38(33(39)18-14-27-13-17-32(42-3)36-23-27)25-28-11-15-29(16-12-28)30-10-7-19-35-24-30/h4-19,23-24,31H,20-22,25H2,1-3H3/b18-14+/t31-/m0/s1. The predicted molar refractivity (Wildman–Crippen MR) is 163 cm³/mol. The third-order valence-corrected chi connectivity index (χ3v) is 6.91. The maximum Gasteiger partial charge on any atom is 0.247 e. The van der Waals surface area contributed by atoms with Crippen LogP contribution in [0.15, 0.2) is 104 Å². The van der Waals surface area contributed by atoms with E-state index in [4.69, 9.17) is 9.47 Å². The molecule has 4 rings (SSSR count). The van der Waals surface area contributed by atoms with E-state index in [1.54, 1.807) is 55.6 Å². The van der Waals surface area contributed by atoms with Crippen LogP contribution in [0.2, 0.25) is 0 Å². The molecule has 0 aliphatic carbocycles. The number of carbonyl (C=O) groups is 2. The Labute approximate surface area is 247 Å². The van der Waals surface area contributed by atoms with E-state index in [9.17, 15) is 9.59 Å². The zero-order valence-corrected chi connectivity index (χ0v) is 24.2. The first-order valence-electron chi connectivity index (χ1n) is 13.7. The van der Waals surface area contributed by atoms with Gasteiger partial charge in [-0.15, -0.1) is 0 Å². The summed E-state index contributed by atoms with van der Waals surface area (Å²) in [6, 6.07) is 24.4. The van der Waals surface area contributed by atoms with Gasteiger partial charge in [-0.25, -0.2) is 4.98 Å². The second kappa shape index (κ2) is 15.3. The van der Waals surface area contributed by atoms with Gasteiger partial charge in [-0.1, -0.05) is 60.7 Å². The van der Waals surface area contributed by atoms with Crippen LogP contribution in [-0.4, -0.2) is 72.0 Å². The van der Waals surface area contributed by atoms with Crippen LogP contribution < -0.4 is 4.74 Å². The maximum atomic E-state index is 13.9. The molecule has 2 aromatic heterocycles. The lowest BCUT2D eigenvalue weighted by Gasteiger charge is -2.33. The van der Waals surface area contributed by atoms with Crippen LogP contribution in [0.4, 0.5) is 0 Å². The van der Waals surface area contributed by atoms with Crippen molar-refractivity contribution < 1.29 is 19.1 Å². The quantitative estimate of drug-likeness (QED) is 0.215. The van der Waals surface area contributed by atoms with Crippen molar-refractivity contribution >= 4 is 17.9 Å². The molecule has 1 atom stereocenters. The van der Waals surface area contributed by atoms with E-state index >= 15 is 0 Å². The molecule has 0 aliphatic heterocycles. The molecule has 2 amide bonds. The zero-order valence-electron chi connectivity index (χ0n) is 24.2. The normalized spacial score (nSPS) is 11.7. The summed E-state index contributed by atoms with van der Waals surface area (Å²) in [7, 11) is 4.89. The van der Waals surface area contributed by atoms with Gasteiger partial charge < -0.3 is 19.3 Å². The Morgan fingerprint density at radius 3 is 2.31 bits per heavy atom. The lowest BCUT2D eigenvalue weighted by Crippen LogP contribution is -2.51. The SMILES string of the molecule is COCCN(C)C(=O)[C@H](Cc1ccccc1)N(Cc1ccc(-c2cccnc2)cc1)C(=O)/C=C/c1ccc(OC)nc1. The van der Waals surface area contributed by atoms with E-state index in [1.807, 2.05) is 79.0 Å².